The fourth-order valence-electron chi connectivity index (χ4n) is 4.42. The van der Waals surface area contributed by atoms with Crippen LogP contribution in [0.3, 0.4) is 0 Å². The number of carbonyl (C=O) groups is 1. The third-order valence-corrected chi connectivity index (χ3v) is 5.66. The minimum Gasteiger partial charge on any atom is -0.432 e. The largest absolute Gasteiger partial charge is 0.432 e. The van der Waals surface area contributed by atoms with Crippen molar-refractivity contribution in [1.29, 1.82) is 0 Å². The molecule has 0 radical (unpaired) electrons. The van der Waals surface area contributed by atoms with E-state index >= 15 is 0 Å². The summed E-state index contributed by atoms with van der Waals surface area (Å²) in [6.07, 6.45) is 1.86. The molecule has 1 saturated carbocycles. The highest BCUT2D eigenvalue weighted by Gasteiger charge is 2.63. The van der Waals surface area contributed by atoms with Crippen LogP contribution in [-0.2, 0) is 14.3 Å². The Morgan fingerprint density at radius 3 is 2.55 bits per heavy atom. The number of carbonyl (C=O) groups excluding carboxylic acids is 1. The lowest BCUT2D eigenvalue weighted by Crippen LogP contribution is -2.65. The van der Waals surface area contributed by atoms with Gasteiger partial charge in [-0.15, -0.1) is 0 Å². The Labute approximate surface area is 119 Å². The predicted molar refractivity (Wildman–Crippen MR) is 70.3 cm³/mol. The molecule has 0 amide bonds. The van der Waals surface area contributed by atoms with E-state index in [-0.39, 0.29) is 23.7 Å². The second kappa shape index (κ2) is 4.42. The Morgan fingerprint density at radius 1 is 1.15 bits per heavy atom. The van der Waals surface area contributed by atoms with E-state index < -0.39 is 17.7 Å². The van der Waals surface area contributed by atoms with Gasteiger partial charge in [-0.1, -0.05) is 13.8 Å². The molecule has 114 valence electrons. The maximum absolute atomic E-state index is 12.0. The third kappa shape index (κ3) is 1.90. The van der Waals surface area contributed by atoms with Crippen LogP contribution in [0.25, 0.3) is 0 Å². The van der Waals surface area contributed by atoms with Gasteiger partial charge in [0.1, 0.15) is 5.60 Å². The van der Waals surface area contributed by atoms with Gasteiger partial charge in [-0.2, -0.15) is 0 Å². The molecule has 0 aromatic heterocycles. The van der Waals surface area contributed by atoms with Crippen LogP contribution < -0.4 is 0 Å². The van der Waals surface area contributed by atoms with Crippen molar-refractivity contribution in [2.24, 2.45) is 23.7 Å². The number of aliphatic hydroxyl groups is 2. The van der Waals surface area contributed by atoms with Crippen LogP contribution in [0.15, 0.2) is 0 Å². The van der Waals surface area contributed by atoms with Gasteiger partial charge < -0.3 is 19.7 Å². The Bertz CT molecular complexity index is 420. The minimum atomic E-state index is -1.36. The third-order valence-electron chi connectivity index (χ3n) is 5.66. The van der Waals surface area contributed by atoms with E-state index in [9.17, 15) is 15.0 Å². The minimum absolute atomic E-state index is 0.00391. The summed E-state index contributed by atoms with van der Waals surface area (Å²) in [7, 11) is 0. The average molecular weight is 284 g/mol. The molecule has 2 aliphatic heterocycles. The van der Waals surface area contributed by atoms with Gasteiger partial charge in [-0.3, -0.25) is 4.79 Å². The van der Waals surface area contributed by atoms with Crippen LogP contribution in [0, 0.1) is 23.7 Å². The summed E-state index contributed by atoms with van der Waals surface area (Å²) in [6.45, 7) is 5.51. The first kappa shape index (κ1) is 14.3. The Morgan fingerprint density at radius 2 is 1.85 bits per heavy atom. The number of esters is 1. The first-order valence-corrected chi connectivity index (χ1v) is 7.59. The molecule has 2 heterocycles. The molecule has 3 aliphatic rings. The van der Waals surface area contributed by atoms with Gasteiger partial charge in [-0.25, -0.2) is 0 Å². The summed E-state index contributed by atoms with van der Waals surface area (Å²) in [5.41, 5.74) is -1.18. The normalized spacial score (nSPS) is 55.6. The Kier molecular flexibility index (Phi) is 3.16. The lowest BCUT2D eigenvalue weighted by atomic mass is 9.58. The molecule has 2 unspecified atom stereocenters. The molecule has 0 aromatic carbocycles. The van der Waals surface area contributed by atoms with Gasteiger partial charge in [-0.05, 0) is 38.0 Å². The summed E-state index contributed by atoms with van der Waals surface area (Å²) in [5, 5.41) is 21.6. The standard InChI is InChI=1S/C15H24O5/c1-8-4-5-11-9(2)12(16)19-13-15(11,18)10(8)6-7-14(3,17)20-13/h8-11,13,17-18H,4-7H2,1-3H3/t8-,9-,10?,11?,13-,14+,15-/m1/s1. The molecule has 2 saturated heterocycles. The van der Waals surface area contributed by atoms with E-state index in [0.717, 1.165) is 12.8 Å². The molecule has 0 aromatic rings. The molecule has 0 spiro atoms. The molecule has 1 aliphatic carbocycles. The van der Waals surface area contributed by atoms with E-state index in [1.165, 1.54) is 0 Å². The van der Waals surface area contributed by atoms with E-state index in [1.807, 2.05) is 6.92 Å². The molecular weight excluding hydrogens is 260 g/mol. The zero-order chi connectivity index (χ0) is 14.7. The zero-order valence-electron chi connectivity index (χ0n) is 12.3. The van der Waals surface area contributed by atoms with Crippen molar-refractivity contribution in [3.63, 3.8) is 0 Å². The molecule has 5 heteroatoms. The number of hydrogen-bond donors (Lipinski definition) is 2. The molecule has 0 bridgehead atoms. The molecule has 7 atom stereocenters. The maximum atomic E-state index is 12.0. The van der Waals surface area contributed by atoms with E-state index in [4.69, 9.17) is 9.47 Å². The first-order chi connectivity index (χ1) is 9.25. The van der Waals surface area contributed by atoms with Crippen molar-refractivity contribution >= 4 is 5.97 Å². The second-order valence-electron chi connectivity index (χ2n) is 7.04. The molecular formula is C15H24O5. The van der Waals surface area contributed by atoms with Gasteiger partial charge in [0.25, 0.3) is 0 Å². The smallest absolute Gasteiger partial charge is 0.311 e. The quantitative estimate of drug-likeness (QED) is 0.658. The first-order valence-electron chi connectivity index (χ1n) is 7.59. The van der Waals surface area contributed by atoms with Crippen LogP contribution in [0.5, 0.6) is 0 Å². The van der Waals surface area contributed by atoms with Gasteiger partial charge in [0, 0.05) is 12.3 Å². The van der Waals surface area contributed by atoms with Crippen molar-refractivity contribution in [2.75, 3.05) is 0 Å². The maximum Gasteiger partial charge on any atom is 0.311 e. The number of rotatable bonds is 0. The Balaban J connectivity index is 2.05. The summed E-state index contributed by atoms with van der Waals surface area (Å²) in [6, 6.07) is 0. The van der Waals surface area contributed by atoms with Crippen molar-refractivity contribution in [3.05, 3.63) is 0 Å². The van der Waals surface area contributed by atoms with Crippen molar-refractivity contribution in [1.82, 2.24) is 0 Å². The van der Waals surface area contributed by atoms with Crippen LogP contribution in [-0.4, -0.2) is 33.9 Å². The van der Waals surface area contributed by atoms with Crippen LogP contribution in [0.1, 0.15) is 46.5 Å². The van der Waals surface area contributed by atoms with Gasteiger partial charge in [0.2, 0.25) is 6.29 Å². The molecule has 20 heavy (non-hydrogen) atoms. The van der Waals surface area contributed by atoms with Gasteiger partial charge in [0.15, 0.2) is 5.79 Å². The van der Waals surface area contributed by atoms with Gasteiger partial charge >= 0.3 is 5.97 Å². The summed E-state index contributed by atoms with van der Waals surface area (Å²) in [5.74, 6) is -1.84. The SMILES string of the molecule is C[C@@H]1CCC2[C@@H](C)C(=O)O[C@@H]3O[C@](C)(O)CCC1[C@@]23O. The average Bonchev–Trinajstić information content (AvgIpc) is 2.44. The van der Waals surface area contributed by atoms with Crippen molar-refractivity contribution in [2.45, 2.75) is 64.1 Å². The second-order valence-corrected chi connectivity index (χ2v) is 7.04. The van der Waals surface area contributed by atoms with Crippen LogP contribution in [0.2, 0.25) is 0 Å². The highest BCUT2D eigenvalue weighted by Crippen LogP contribution is 2.54. The molecule has 3 rings (SSSR count). The molecule has 2 N–H and O–H groups in total. The summed E-state index contributed by atoms with van der Waals surface area (Å²) >= 11 is 0. The highest BCUT2D eigenvalue weighted by molar-refractivity contribution is 5.74. The molecule has 5 nitrogen and oxygen atoms in total. The van der Waals surface area contributed by atoms with Crippen molar-refractivity contribution in [3.8, 4) is 0 Å². The van der Waals surface area contributed by atoms with E-state index in [2.05, 4.69) is 6.92 Å². The fraction of sp³-hybridized carbons (Fsp3) is 0.933. The fourth-order valence-corrected chi connectivity index (χ4v) is 4.42. The Hall–Kier alpha value is -0.650. The summed E-state index contributed by atoms with van der Waals surface area (Å²) in [4.78, 5) is 12.0. The highest BCUT2D eigenvalue weighted by atomic mass is 16.8. The monoisotopic (exact) mass is 284 g/mol. The van der Waals surface area contributed by atoms with E-state index in [0.29, 0.717) is 18.8 Å². The summed E-state index contributed by atoms with van der Waals surface area (Å²) < 4.78 is 10.9. The lowest BCUT2D eigenvalue weighted by Gasteiger charge is -2.54. The zero-order valence-corrected chi connectivity index (χ0v) is 12.3. The van der Waals surface area contributed by atoms with Crippen molar-refractivity contribution < 1.29 is 24.5 Å². The van der Waals surface area contributed by atoms with E-state index in [1.54, 1.807) is 6.92 Å². The number of hydrogen-bond acceptors (Lipinski definition) is 5. The number of ether oxygens (including phenoxy) is 2. The molecule has 3 fully saturated rings. The topological polar surface area (TPSA) is 76.0 Å². The van der Waals surface area contributed by atoms with Gasteiger partial charge in [0.05, 0.1) is 5.92 Å². The predicted octanol–water partition coefficient (Wildman–Crippen LogP) is 1.42. The van der Waals surface area contributed by atoms with Crippen LogP contribution in [0.4, 0.5) is 0 Å². The lowest BCUT2D eigenvalue weighted by molar-refractivity contribution is -0.346. The van der Waals surface area contributed by atoms with Crippen LogP contribution >= 0.6 is 0 Å².